The molecule has 1 N–H and O–H groups in total. The van der Waals surface area contributed by atoms with E-state index in [0.29, 0.717) is 36.6 Å². The molecule has 2 fully saturated rings. The molecule has 0 bridgehead atoms. The number of halogens is 1. The average Bonchev–Trinajstić information content (AvgIpc) is 3.22. The second kappa shape index (κ2) is 6.43. The number of ether oxygens (including phenoxy) is 1. The van der Waals surface area contributed by atoms with Crippen LogP contribution in [-0.4, -0.2) is 42.9 Å². The van der Waals surface area contributed by atoms with E-state index >= 15 is 0 Å². The van der Waals surface area contributed by atoms with Gasteiger partial charge in [0, 0.05) is 13.1 Å². The van der Waals surface area contributed by atoms with Gasteiger partial charge < -0.3 is 15.0 Å². The molecule has 1 aliphatic heterocycles. The number of esters is 1. The van der Waals surface area contributed by atoms with Crippen LogP contribution in [0, 0.1) is 5.41 Å². The molecule has 2 amide bonds. The number of anilines is 1. The van der Waals surface area contributed by atoms with E-state index in [1.54, 1.807) is 4.90 Å². The second-order valence-electron chi connectivity index (χ2n) is 6.22. The predicted molar refractivity (Wildman–Crippen MR) is 88.9 cm³/mol. The van der Waals surface area contributed by atoms with E-state index in [0.717, 1.165) is 12.8 Å². The van der Waals surface area contributed by atoms with Crippen molar-refractivity contribution in [1.29, 1.82) is 0 Å². The van der Waals surface area contributed by atoms with Crippen molar-refractivity contribution in [1.82, 2.24) is 4.90 Å². The van der Waals surface area contributed by atoms with Crippen molar-refractivity contribution in [2.24, 2.45) is 5.41 Å². The Bertz CT molecular complexity index is 694. The molecule has 0 unspecified atom stereocenters. The lowest BCUT2D eigenvalue weighted by molar-refractivity contribution is -0.141. The van der Waals surface area contributed by atoms with Gasteiger partial charge in [-0.1, -0.05) is 11.6 Å². The third kappa shape index (κ3) is 2.98. The van der Waals surface area contributed by atoms with E-state index in [9.17, 15) is 14.4 Å². The minimum absolute atomic E-state index is 0.0993. The highest BCUT2D eigenvalue weighted by Crippen LogP contribution is 2.48. The van der Waals surface area contributed by atoms with Gasteiger partial charge in [0.1, 0.15) is 5.41 Å². The summed E-state index contributed by atoms with van der Waals surface area (Å²) in [4.78, 5) is 38.7. The number of likely N-dealkylation sites (tertiary alicyclic amines) is 1. The highest BCUT2D eigenvalue weighted by atomic mass is 35.5. The molecule has 1 aliphatic carbocycles. The minimum Gasteiger partial charge on any atom is -0.465 e. The Labute approximate surface area is 145 Å². The van der Waals surface area contributed by atoms with E-state index in [2.05, 4.69) is 10.1 Å². The van der Waals surface area contributed by atoms with Crippen LogP contribution >= 0.6 is 11.6 Å². The predicted octanol–water partition coefficient (Wildman–Crippen LogP) is 2.47. The first-order valence-corrected chi connectivity index (χ1v) is 8.34. The molecule has 128 valence electrons. The van der Waals surface area contributed by atoms with Crippen molar-refractivity contribution in [2.45, 2.75) is 25.7 Å². The molecule has 3 rings (SSSR count). The number of amides is 2. The van der Waals surface area contributed by atoms with E-state index in [4.69, 9.17) is 11.6 Å². The third-order valence-electron chi connectivity index (χ3n) is 4.62. The summed E-state index contributed by atoms with van der Waals surface area (Å²) in [5.74, 6) is -0.975. The molecule has 1 saturated heterocycles. The SMILES string of the molecule is COC(=O)c1ccc(Cl)c(NC(=O)C2(C(=O)N3CCCC3)CC2)c1. The summed E-state index contributed by atoms with van der Waals surface area (Å²) in [6, 6.07) is 4.50. The van der Waals surface area contributed by atoms with Gasteiger partial charge in [-0.3, -0.25) is 9.59 Å². The highest BCUT2D eigenvalue weighted by Gasteiger charge is 2.58. The van der Waals surface area contributed by atoms with Gasteiger partial charge in [-0.25, -0.2) is 4.79 Å². The molecule has 2 aliphatic rings. The van der Waals surface area contributed by atoms with E-state index in [-0.39, 0.29) is 17.4 Å². The van der Waals surface area contributed by atoms with Gasteiger partial charge in [-0.05, 0) is 43.9 Å². The first-order chi connectivity index (χ1) is 11.5. The molecular weight excluding hydrogens is 332 g/mol. The fourth-order valence-corrected chi connectivity index (χ4v) is 3.16. The number of carbonyl (C=O) groups excluding carboxylic acids is 3. The lowest BCUT2D eigenvalue weighted by atomic mass is 10.0. The van der Waals surface area contributed by atoms with E-state index in [1.807, 2.05) is 0 Å². The fourth-order valence-electron chi connectivity index (χ4n) is 2.99. The Kier molecular flexibility index (Phi) is 4.49. The fraction of sp³-hybridized carbons (Fsp3) is 0.471. The lowest BCUT2D eigenvalue weighted by Crippen LogP contribution is -2.41. The maximum absolute atomic E-state index is 12.7. The molecule has 1 saturated carbocycles. The third-order valence-corrected chi connectivity index (χ3v) is 4.95. The number of nitrogens with zero attached hydrogens (tertiary/aromatic N) is 1. The normalized spacial score (nSPS) is 18.2. The van der Waals surface area contributed by atoms with Gasteiger partial charge in [0.25, 0.3) is 0 Å². The first kappa shape index (κ1) is 16.8. The van der Waals surface area contributed by atoms with Gasteiger partial charge >= 0.3 is 5.97 Å². The number of rotatable bonds is 4. The van der Waals surface area contributed by atoms with Crippen molar-refractivity contribution >= 4 is 35.1 Å². The molecule has 24 heavy (non-hydrogen) atoms. The van der Waals surface area contributed by atoms with Crippen LogP contribution in [0.5, 0.6) is 0 Å². The molecule has 0 radical (unpaired) electrons. The maximum Gasteiger partial charge on any atom is 0.337 e. The monoisotopic (exact) mass is 350 g/mol. The van der Waals surface area contributed by atoms with E-state index < -0.39 is 11.4 Å². The van der Waals surface area contributed by atoms with Crippen LogP contribution in [0.4, 0.5) is 5.69 Å². The van der Waals surface area contributed by atoms with Crippen molar-refractivity contribution in [3.63, 3.8) is 0 Å². The van der Waals surface area contributed by atoms with Gasteiger partial charge in [0.05, 0.1) is 23.4 Å². The summed E-state index contributed by atoms with van der Waals surface area (Å²) in [6.45, 7) is 1.43. The summed E-state index contributed by atoms with van der Waals surface area (Å²) >= 11 is 6.10. The summed E-state index contributed by atoms with van der Waals surface area (Å²) in [7, 11) is 1.28. The lowest BCUT2D eigenvalue weighted by Gasteiger charge is -2.22. The number of hydrogen-bond acceptors (Lipinski definition) is 4. The van der Waals surface area contributed by atoms with Crippen LogP contribution in [0.3, 0.4) is 0 Å². The zero-order valence-electron chi connectivity index (χ0n) is 13.4. The number of carbonyl (C=O) groups is 3. The topological polar surface area (TPSA) is 75.7 Å². The summed E-state index contributed by atoms with van der Waals surface area (Å²) in [5, 5.41) is 3.02. The Morgan fingerprint density at radius 3 is 2.46 bits per heavy atom. The first-order valence-electron chi connectivity index (χ1n) is 7.96. The second-order valence-corrected chi connectivity index (χ2v) is 6.63. The molecule has 0 spiro atoms. The van der Waals surface area contributed by atoms with Crippen LogP contribution in [0.15, 0.2) is 18.2 Å². The maximum atomic E-state index is 12.7. The molecule has 6 nitrogen and oxygen atoms in total. The number of methoxy groups -OCH3 is 1. The van der Waals surface area contributed by atoms with Crippen molar-refractivity contribution in [3.05, 3.63) is 28.8 Å². The molecule has 1 aromatic carbocycles. The van der Waals surface area contributed by atoms with Crippen LogP contribution in [-0.2, 0) is 14.3 Å². The highest BCUT2D eigenvalue weighted by molar-refractivity contribution is 6.34. The standard InChI is InChI=1S/C17H19ClN2O4/c1-24-14(21)11-4-5-12(18)13(10-11)19-15(22)17(6-7-17)16(23)20-8-2-3-9-20/h4-5,10H,2-3,6-9H2,1H3,(H,19,22). The Balaban J connectivity index is 1.77. The summed E-state index contributed by atoms with van der Waals surface area (Å²) in [6.07, 6.45) is 3.05. The minimum atomic E-state index is -0.977. The van der Waals surface area contributed by atoms with Crippen molar-refractivity contribution < 1.29 is 19.1 Å². The van der Waals surface area contributed by atoms with Crippen LogP contribution in [0.2, 0.25) is 5.02 Å². The number of benzene rings is 1. The largest absolute Gasteiger partial charge is 0.465 e. The van der Waals surface area contributed by atoms with Gasteiger partial charge in [-0.15, -0.1) is 0 Å². The van der Waals surface area contributed by atoms with E-state index in [1.165, 1.54) is 25.3 Å². The van der Waals surface area contributed by atoms with Crippen LogP contribution in [0.1, 0.15) is 36.0 Å². The van der Waals surface area contributed by atoms with Crippen molar-refractivity contribution in [2.75, 3.05) is 25.5 Å². The number of nitrogens with one attached hydrogen (secondary N) is 1. The van der Waals surface area contributed by atoms with Gasteiger partial charge in [-0.2, -0.15) is 0 Å². The molecule has 0 atom stereocenters. The molecule has 1 heterocycles. The van der Waals surface area contributed by atoms with Gasteiger partial charge in [0.2, 0.25) is 11.8 Å². The quantitative estimate of drug-likeness (QED) is 0.668. The number of hydrogen-bond donors (Lipinski definition) is 1. The molecular formula is C17H19ClN2O4. The van der Waals surface area contributed by atoms with Crippen LogP contribution < -0.4 is 5.32 Å². The molecule has 7 heteroatoms. The Morgan fingerprint density at radius 2 is 1.88 bits per heavy atom. The Morgan fingerprint density at radius 1 is 1.21 bits per heavy atom. The van der Waals surface area contributed by atoms with Gasteiger partial charge in [0.15, 0.2) is 0 Å². The summed E-state index contributed by atoms with van der Waals surface area (Å²) in [5.41, 5.74) is -0.382. The smallest absolute Gasteiger partial charge is 0.337 e. The zero-order chi connectivity index (χ0) is 17.3. The molecule has 0 aromatic heterocycles. The Hall–Kier alpha value is -2.08. The van der Waals surface area contributed by atoms with Crippen molar-refractivity contribution in [3.8, 4) is 0 Å². The molecule has 1 aromatic rings. The average molecular weight is 351 g/mol. The summed E-state index contributed by atoms with van der Waals surface area (Å²) < 4.78 is 4.67. The zero-order valence-corrected chi connectivity index (χ0v) is 14.2. The van der Waals surface area contributed by atoms with Crippen LogP contribution in [0.25, 0.3) is 0 Å².